The average molecular weight is 425 g/mol. The molecule has 4 rings (SSSR count). The first kappa shape index (κ1) is 21.0. The van der Waals surface area contributed by atoms with E-state index < -0.39 is 17.8 Å². The molecule has 3 aromatic rings. The highest BCUT2D eigenvalue weighted by Crippen LogP contribution is 2.36. The number of alkyl halides is 3. The molecule has 0 fully saturated rings. The third kappa shape index (κ3) is 4.60. The fraction of sp³-hybridized carbons (Fsp3) is 0.292. The summed E-state index contributed by atoms with van der Waals surface area (Å²) in [7, 11) is 0. The normalized spacial score (nSPS) is 17.5. The first-order valence-corrected chi connectivity index (χ1v) is 10.2. The highest BCUT2D eigenvalue weighted by Gasteiger charge is 2.33. The number of rotatable bonds is 4. The Labute approximate surface area is 178 Å². The molecule has 2 heterocycles. The van der Waals surface area contributed by atoms with Gasteiger partial charge in [-0.1, -0.05) is 24.3 Å². The van der Waals surface area contributed by atoms with Crippen LogP contribution in [0.4, 0.5) is 13.2 Å². The zero-order valence-electron chi connectivity index (χ0n) is 17.0. The van der Waals surface area contributed by atoms with Crippen molar-refractivity contribution in [2.45, 2.75) is 38.4 Å². The van der Waals surface area contributed by atoms with Crippen LogP contribution in [0.2, 0.25) is 0 Å². The van der Waals surface area contributed by atoms with Gasteiger partial charge in [0.05, 0.1) is 22.9 Å². The predicted molar refractivity (Wildman–Crippen MR) is 112 cm³/mol. The third-order valence-electron chi connectivity index (χ3n) is 5.67. The largest absolute Gasteiger partial charge is 0.416 e. The highest BCUT2D eigenvalue weighted by atomic mass is 19.4. The molecular weight excluding hydrogens is 403 g/mol. The van der Waals surface area contributed by atoms with Gasteiger partial charge in [0.25, 0.3) is 5.91 Å². The summed E-state index contributed by atoms with van der Waals surface area (Å²) in [6.45, 7) is 1.73. The van der Waals surface area contributed by atoms with Crippen LogP contribution >= 0.6 is 0 Å². The number of hydrogen-bond acceptors (Lipinski definition) is 3. The Morgan fingerprint density at radius 3 is 2.74 bits per heavy atom. The molecule has 2 aromatic heterocycles. The van der Waals surface area contributed by atoms with E-state index in [4.69, 9.17) is 0 Å². The second-order valence-electron chi connectivity index (χ2n) is 7.79. The van der Waals surface area contributed by atoms with Crippen LogP contribution in [0.3, 0.4) is 0 Å². The highest BCUT2D eigenvalue weighted by molar-refractivity contribution is 5.98. The molecule has 0 saturated carbocycles. The standard InChI is InChI=1S/C24H22F3N3O/c1-15-20(14-18-10-6-12-28-22(18)29-15)23(31)30-21(16-7-3-2-4-8-16)17-9-5-11-19(13-17)24(25,26)27/h2-3,5-6,9-14,16,21H,4,7-8H2,1H3,(H,30,31). The molecule has 2 atom stereocenters. The van der Waals surface area contributed by atoms with Crippen molar-refractivity contribution in [1.82, 2.24) is 15.3 Å². The predicted octanol–water partition coefficient (Wildman–Crippen LogP) is 5.78. The molecule has 0 spiro atoms. The van der Waals surface area contributed by atoms with E-state index >= 15 is 0 Å². The zero-order valence-corrected chi connectivity index (χ0v) is 17.0. The smallest absolute Gasteiger partial charge is 0.345 e. The number of hydrogen-bond donors (Lipinski definition) is 1. The minimum absolute atomic E-state index is 0.00724. The summed E-state index contributed by atoms with van der Waals surface area (Å²) in [5.41, 5.74) is 1.20. The molecule has 0 radical (unpaired) electrons. The van der Waals surface area contributed by atoms with E-state index in [2.05, 4.69) is 21.4 Å². The van der Waals surface area contributed by atoms with Gasteiger partial charge in [-0.15, -0.1) is 0 Å². The van der Waals surface area contributed by atoms with Crippen LogP contribution in [0, 0.1) is 12.8 Å². The van der Waals surface area contributed by atoms with Crippen LogP contribution < -0.4 is 5.32 Å². The van der Waals surface area contributed by atoms with Gasteiger partial charge in [0, 0.05) is 11.6 Å². The molecule has 2 unspecified atom stereocenters. The lowest BCUT2D eigenvalue weighted by Gasteiger charge is -2.30. The number of nitrogens with zero attached hydrogens (tertiary/aromatic N) is 2. The molecule has 0 saturated heterocycles. The van der Waals surface area contributed by atoms with Gasteiger partial charge in [0.2, 0.25) is 0 Å². The van der Waals surface area contributed by atoms with E-state index in [9.17, 15) is 18.0 Å². The Morgan fingerprint density at radius 1 is 1.16 bits per heavy atom. The van der Waals surface area contributed by atoms with Crippen LogP contribution in [-0.2, 0) is 6.18 Å². The van der Waals surface area contributed by atoms with Gasteiger partial charge in [-0.05, 0) is 68.0 Å². The minimum Gasteiger partial charge on any atom is -0.345 e. The number of fused-ring (bicyclic) bond motifs is 1. The molecule has 0 bridgehead atoms. The zero-order chi connectivity index (χ0) is 22.0. The number of benzene rings is 1. The summed E-state index contributed by atoms with van der Waals surface area (Å²) in [6.07, 6.45) is 3.59. The molecule has 1 aliphatic carbocycles. The fourth-order valence-electron chi connectivity index (χ4n) is 4.04. The number of aromatic nitrogens is 2. The van der Waals surface area contributed by atoms with Crippen molar-refractivity contribution in [3.8, 4) is 0 Å². The van der Waals surface area contributed by atoms with Crippen LogP contribution in [0.25, 0.3) is 11.0 Å². The minimum atomic E-state index is -4.44. The average Bonchev–Trinajstić information content (AvgIpc) is 2.77. The fourth-order valence-corrected chi connectivity index (χ4v) is 4.04. The van der Waals surface area contributed by atoms with Gasteiger partial charge in [-0.25, -0.2) is 9.97 Å². The Balaban J connectivity index is 1.69. The van der Waals surface area contributed by atoms with Gasteiger partial charge < -0.3 is 5.32 Å². The van der Waals surface area contributed by atoms with Gasteiger partial charge >= 0.3 is 6.18 Å². The van der Waals surface area contributed by atoms with Crippen molar-refractivity contribution < 1.29 is 18.0 Å². The molecule has 4 nitrogen and oxygen atoms in total. The van der Waals surface area contributed by atoms with Crippen molar-refractivity contribution >= 4 is 16.9 Å². The number of carbonyl (C=O) groups excluding carboxylic acids is 1. The molecule has 1 N–H and O–H groups in total. The quantitative estimate of drug-likeness (QED) is 0.539. The van der Waals surface area contributed by atoms with E-state index in [0.717, 1.165) is 30.4 Å². The Bertz CT molecular complexity index is 1140. The molecular formula is C24H22F3N3O. The number of halogens is 3. The summed E-state index contributed by atoms with van der Waals surface area (Å²) < 4.78 is 39.9. The number of carbonyl (C=O) groups is 1. The van der Waals surface area contributed by atoms with E-state index in [1.54, 1.807) is 31.3 Å². The summed E-state index contributed by atoms with van der Waals surface area (Å²) in [5.74, 6) is -0.347. The number of nitrogens with one attached hydrogen (secondary N) is 1. The molecule has 1 amide bonds. The third-order valence-corrected chi connectivity index (χ3v) is 5.67. The molecule has 160 valence electrons. The Morgan fingerprint density at radius 2 is 2.00 bits per heavy atom. The lowest BCUT2D eigenvalue weighted by atomic mass is 9.83. The second-order valence-corrected chi connectivity index (χ2v) is 7.79. The van der Waals surface area contributed by atoms with E-state index in [-0.39, 0.29) is 11.8 Å². The summed E-state index contributed by atoms with van der Waals surface area (Å²) in [5, 5.41) is 3.73. The first-order chi connectivity index (χ1) is 14.8. The van der Waals surface area contributed by atoms with E-state index in [0.29, 0.717) is 28.9 Å². The molecule has 7 heteroatoms. The number of pyridine rings is 2. The second kappa shape index (κ2) is 8.49. The van der Waals surface area contributed by atoms with Crippen molar-refractivity contribution in [2.24, 2.45) is 5.92 Å². The van der Waals surface area contributed by atoms with Gasteiger partial charge in [-0.3, -0.25) is 4.79 Å². The lowest BCUT2D eigenvalue weighted by Crippen LogP contribution is -2.34. The monoisotopic (exact) mass is 425 g/mol. The summed E-state index contributed by atoms with van der Waals surface area (Å²) in [6, 6.07) is 10.0. The van der Waals surface area contributed by atoms with E-state index in [1.807, 2.05) is 12.1 Å². The molecule has 31 heavy (non-hydrogen) atoms. The van der Waals surface area contributed by atoms with Crippen LogP contribution in [-0.4, -0.2) is 15.9 Å². The van der Waals surface area contributed by atoms with Crippen LogP contribution in [0.5, 0.6) is 0 Å². The molecule has 0 aliphatic heterocycles. The number of amides is 1. The summed E-state index contributed by atoms with van der Waals surface area (Å²) in [4.78, 5) is 21.8. The van der Waals surface area contributed by atoms with Gasteiger partial charge in [0.1, 0.15) is 0 Å². The van der Waals surface area contributed by atoms with Crippen molar-refractivity contribution in [3.63, 3.8) is 0 Å². The van der Waals surface area contributed by atoms with Crippen LogP contribution in [0.1, 0.15) is 52.5 Å². The molecule has 1 aromatic carbocycles. The Kier molecular flexibility index (Phi) is 5.76. The maximum absolute atomic E-state index is 13.3. The lowest BCUT2D eigenvalue weighted by molar-refractivity contribution is -0.137. The van der Waals surface area contributed by atoms with E-state index in [1.165, 1.54) is 6.07 Å². The molecule has 1 aliphatic rings. The van der Waals surface area contributed by atoms with Crippen molar-refractivity contribution in [1.29, 1.82) is 0 Å². The van der Waals surface area contributed by atoms with Gasteiger partial charge in [-0.2, -0.15) is 13.2 Å². The summed E-state index contributed by atoms with van der Waals surface area (Å²) >= 11 is 0. The maximum atomic E-state index is 13.3. The Hall–Kier alpha value is -3.22. The van der Waals surface area contributed by atoms with Crippen LogP contribution in [0.15, 0.2) is 60.8 Å². The van der Waals surface area contributed by atoms with Crippen molar-refractivity contribution in [3.05, 3.63) is 83.2 Å². The van der Waals surface area contributed by atoms with Gasteiger partial charge in [0.15, 0.2) is 5.65 Å². The van der Waals surface area contributed by atoms with Crippen molar-refractivity contribution in [2.75, 3.05) is 0 Å². The number of aryl methyl sites for hydroxylation is 1. The first-order valence-electron chi connectivity index (χ1n) is 10.2. The SMILES string of the molecule is Cc1nc2ncccc2cc1C(=O)NC(c1cccc(C(F)(F)F)c1)C1CC=CCC1. The maximum Gasteiger partial charge on any atom is 0.416 e. The number of allylic oxidation sites excluding steroid dienone is 2. The topological polar surface area (TPSA) is 54.9 Å².